The number of hydrogen-bond acceptors (Lipinski definition) is 4. The van der Waals surface area contributed by atoms with Crippen molar-refractivity contribution in [3.05, 3.63) is 30.3 Å². The van der Waals surface area contributed by atoms with E-state index in [9.17, 15) is 14.4 Å². The van der Waals surface area contributed by atoms with Crippen LogP contribution in [0.15, 0.2) is 30.3 Å². The molecule has 0 aromatic heterocycles. The molecule has 0 aliphatic carbocycles. The molecule has 0 radical (unpaired) electrons. The van der Waals surface area contributed by atoms with E-state index >= 15 is 0 Å². The SMILES string of the molecule is CC(CC1(C)NC(=O)NC1=O)C(=O)N1CCN(c2ccccc2)[C@@H](C)C1. The first-order chi connectivity index (χ1) is 12.3. The largest absolute Gasteiger partial charge is 0.365 e. The Hall–Kier alpha value is -2.57. The van der Waals surface area contributed by atoms with Gasteiger partial charge in [0, 0.05) is 37.3 Å². The number of amides is 4. The van der Waals surface area contributed by atoms with Crippen molar-refractivity contribution in [3.63, 3.8) is 0 Å². The summed E-state index contributed by atoms with van der Waals surface area (Å²) in [7, 11) is 0. The van der Waals surface area contributed by atoms with Gasteiger partial charge in [0.1, 0.15) is 5.54 Å². The van der Waals surface area contributed by atoms with Crippen LogP contribution in [-0.4, -0.2) is 54.0 Å². The molecule has 3 rings (SSSR count). The van der Waals surface area contributed by atoms with Crippen LogP contribution in [0.25, 0.3) is 0 Å². The number of nitrogens with one attached hydrogen (secondary N) is 2. The highest BCUT2D eigenvalue weighted by molar-refractivity contribution is 6.07. The van der Waals surface area contributed by atoms with Crippen LogP contribution in [0, 0.1) is 5.92 Å². The van der Waals surface area contributed by atoms with Crippen LogP contribution in [-0.2, 0) is 9.59 Å². The molecule has 7 nitrogen and oxygen atoms in total. The molecule has 140 valence electrons. The predicted octanol–water partition coefficient (Wildman–Crippen LogP) is 1.35. The molecular formula is C19H26N4O3. The van der Waals surface area contributed by atoms with Crippen molar-refractivity contribution in [2.24, 2.45) is 5.92 Å². The third-order valence-corrected chi connectivity index (χ3v) is 5.28. The molecule has 2 heterocycles. The van der Waals surface area contributed by atoms with Gasteiger partial charge < -0.3 is 15.1 Å². The second-order valence-electron chi connectivity index (χ2n) is 7.51. The lowest BCUT2D eigenvalue weighted by molar-refractivity contribution is -0.137. The van der Waals surface area contributed by atoms with Gasteiger partial charge in [-0.05, 0) is 32.4 Å². The maximum absolute atomic E-state index is 12.9. The highest BCUT2D eigenvalue weighted by atomic mass is 16.2. The minimum absolute atomic E-state index is 0.0275. The molecule has 2 aliphatic rings. The third-order valence-electron chi connectivity index (χ3n) is 5.28. The summed E-state index contributed by atoms with van der Waals surface area (Å²) in [6.45, 7) is 7.67. The summed E-state index contributed by atoms with van der Waals surface area (Å²) in [5, 5.41) is 4.87. The van der Waals surface area contributed by atoms with Crippen LogP contribution in [0.4, 0.5) is 10.5 Å². The summed E-state index contributed by atoms with van der Waals surface area (Å²) < 4.78 is 0. The molecule has 2 unspecified atom stereocenters. The maximum Gasteiger partial charge on any atom is 0.322 e. The lowest BCUT2D eigenvalue weighted by atomic mass is 9.89. The Bertz CT molecular complexity index is 708. The number of hydrogen-bond donors (Lipinski definition) is 2. The summed E-state index contributed by atoms with van der Waals surface area (Å²) in [6, 6.07) is 9.91. The van der Waals surface area contributed by atoms with Crippen molar-refractivity contribution in [3.8, 4) is 0 Å². The van der Waals surface area contributed by atoms with Gasteiger partial charge in [0.05, 0.1) is 0 Å². The van der Waals surface area contributed by atoms with Gasteiger partial charge in [-0.25, -0.2) is 4.79 Å². The van der Waals surface area contributed by atoms with Gasteiger partial charge in [-0.15, -0.1) is 0 Å². The second-order valence-corrected chi connectivity index (χ2v) is 7.51. The van der Waals surface area contributed by atoms with Crippen LogP contribution in [0.1, 0.15) is 27.2 Å². The summed E-state index contributed by atoms with van der Waals surface area (Å²) in [6.07, 6.45) is 0.288. The van der Waals surface area contributed by atoms with E-state index in [1.165, 1.54) is 0 Å². The van der Waals surface area contributed by atoms with E-state index in [0.717, 1.165) is 12.2 Å². The molecule has 2 N–H and O–H groups in total. The Morgan fingerprint density at radius 1 is 1.27 bits per heavy atom. The number of imide groups is 1. The maximum atomic E-state index is 12.9. The molecule has 2 aliphatic heterocycles. The number of para-hydroxylation sites is 1. The molecule has 0 saturated carbocycles. The number of rotatable bonds is 4. The number of urea groups is 1. The van der Waals surface area contributed by atoms with Gasteiger partial charge in [-0.3, -0.25) is 14.9 Å². The molecule has 0 spiro atoms. The smallest absolute Gasteiger partial charge is 0.322 e. The van der Waals surface area contributed by atoms with Crippen molar-refractivity contribution in [1.29, 1.82) is 0 Å². The van der Waals surface area contributed by atoms with Crippen molar-refractivity contribution in [1.82, 2.24) is 15.5 Å². The fourth-order valence-electron chi connectivity index (χ4n) is 3.90. The molecule has 26 heavy (non-hydrogen) atoms. The van der Waals surface area contributed by atoms with Crippen molar-refractivity contribution < 1.29 is 14.4 Å². The fourth-order valence-corrected chi connectivity index (χ4v) is 3.90. The summed E-state index contributed by atoms with van der Waals surface area (Å²) >= 11 is 0. The van der Waals surface area contributed by atoms with E-state index < -0.39 is 11.6 Å². The Morgan fingerprint density at radius 2 is 1.96 bits per heavy atom. The number of piperazine rings is 1. The van der Waals surface area contributed by atoms with Gasteiger partial charge in [-0.1, -0.05) is 25.1 Å². The lowest BCUT2D eigenvalue weighted by Crippen LogP contribution is -2.55. The first-order valence-corrected chi connectivity index (χ1v) is 9.04. The lowest BCUT2D eigenvalue weighted by Gasteiger charge is -2.42. The highest BCUT2D eigenvalue weighted by Crippen LogP contribution is 2.25. The molecular weight excluding hydrogens is 332 g/mol. The molecule has 2 saturated heterocycles. The fraction of sp³-hybridized carbons (Fsp3) is 0.526. The van der Waals surface area contributed by atoms with Gasteiger partial charge in [0.15, 0.2) is 0 Å². The summed E-state index contributed by atoms with van der Waals surface area (Å²) in [4.78, 5) is 40.4. The van der Waals surface area contributed by atoms with Crippen molar-refractivity contribution in [2.75, 3.05) is 24.5 Å². The number of carbonyl (C=O) groups excluding carboxylic acids is 3. The zero-order chi connectivity index (χ0) is 18.9. The van der Waals surface area contributed by atoms with E-state index in [1.807, 2.05) is 30.0 Å². The van der Waals surface area contributed by atoms with E-state index in [0.29, 0.717) is 13.1 Å². The van der Waals surface area contributed by atoms with E-state index in [-0.39, 0.29) is 30.2 Å². The number of benzene rings is 1. The molecule has 2 fully saturated rings. The minimum atomic E-state index is -1.02. The van der Waals surface area contributed by atoms with Gasteiger partial charge in [0.2, 0.25) is 5.91 Å². The Labute approximate surface area is 153 Å². The topological polar surface area (TPSA) is 81.8 Å². The average Bonchev–Trinajstić information content (AvgIpc) is 2.86. The van der Waals surface area contributed by atoms with Gasteiger partial charge >= 0.3 is 6.03 Å². The monoisotopic (exact) mass is 358 g/mol. The molecule has 0 bridgehead atoms. The Balaban J connectivity index is 1.61. The quantitative estimate of drug-likeness (QED) is 0.796. The molecule has 1 aromatic rings. The van der Waals surface area contributed by atoms with Crippen LogP contribution in [0.2, 0.25) is 0 Å². The van der Waals surface area contributed by atoms with Gasteiger partial charge in [0.25, 0.3) is 5.91 Å². The van der Waals surface area contributed by atoms with Gasteiger partial charge in [-0.2, -0.15) is 0 Å². The standard InChI is InChI=1S/C19H26N4O3/c1-13(11-19(3)17(25)20-18(26)21-19)16(24)22-9-10-23(14(2)12-22)15-7-5-4-6-8-15/h4-8,13-14H,9-12H2,1-3H3,(H2,20,21,25,26)/t13?,14-,19?/m0/s1. The summed E-state index contributed by atoms with van der Waals surface area (Å²) in [5.41, 5.74) is 0.141. The van der Waals surface area contributed by atoms with E-state index in [4.69, 9.17) is 0 Å². The number of carbonyl (C=O) groups is 3. The predicted molar refractivity (Wildman–Crippen MR) is 98.7 cm³/mol. The van der Waals surface area contributed by atoms with Crippen LogP contribution < -0.4 is 15.5 Å². The summed E-state index contributed by atoms with van der Waals surface area (Å²) in [5.74, 6) is -0.691. The minimum Gasteiger partial charge on any atom is -0.365 e. The first-order valence-electron chi connectivity index (χ1n) is 9.04. The number of nitrogens with zero attached hydrogens (tertiary/aromatic N) is 2. The zero-order valence-electron chi connectivity index (χ0n) is 15.5. The first kappa shape index (κ1) is 18.2. The molecule has 1 aromatic carbocycles. The van der Waals surface area contributed by atoms with Crippen molar-refractivity contribution >= 4 is 23.5 Å². The Kier molecular flexibility index (Phi) is 4.89. The molecule has 7 heteroatoms. The molecule has 3 atom stereocenters. The number of anilines is 1. The van der Waals surface area contributed by atoms with Crippen molar-refractivity contribution in [2.45, 2.75) is 38.8 Å². The second kappa shape index (κ2) is 6.97. The van der Waals surface area contributed by atoms with Crippen LogP contribution in [0.3, 0.4) is 0 Å². The highest BCUT2D eigenvalue weighted by Gasteiger charge is 2.44. The van der Waals surface area contributed by atoms with Crippen LogP contribution >= 0.6 is 0 Å². The third kappa shape index (κ3) is 3.52. The van der Waals surface area contributed by atoms with E-state index in [1.54, 1.807) is 6.92 Å². The van der Waals surface area contributed by atoms with E-state index in [2.05, 4.69) is 34.6 Å². The van der Waals surface area contributed by atoms with Crippen LogP contribution in [0.5, 0.6) is 0 Å². The normalized spacial score (nSPS) is 27.1. The average molecular weight is 358 g/mol. The Morgan fingerprint density at radius 3 is 2.54 bits per heavy atom. The zero-order valence-corrected chi connectivity index (χ0v) is 15.5. The molecule has 4 amide bonds.